The van der Waals surface area contributed by atoms with Crippen LogP contribution in [0.3, 0.4) is 0 Å². The van der Waals surface area contributed by atoms with Crippen molar-refractivity contribution in [2.45, 2.75) is 19.3 Å². The van der Waals surface area contributed by atoms with E-state index in [0.29, 0.717) is 12.6 Å². The molecule has 32 heavy (non-hydrogen) atoms. The molecule has 1 aliphatic rings. The van der Waals surface area contributed by atoms with E-state index in [-0.39, 0.29) is 0 Å². The van der Waals surface area contributed by atoms with Crippen molar-refractivity contribution in [3.05, 3.63) is 84.4 Å². The molecule has 0 amide bonds. The van der Waals surface area contributed by atoms with Gasteiger partial charge in [-0.1, -0.05) is 42.5 Å². The van der Waals surface area contributed by atoms with E-state index in [1.54, 1.807) is 0 Å². The quantitative estimate of drug-likeness (QED) is 0.393. The monoisotopic (exact) mass is 427 g/mol. The summed E-state index contributed by atoms with van der Waals surface area (Å²) < 4.78 is 11.8. The Hall–Kier alpha value is -3.31. The van der Waals surface area contributed by atoms with Crippen LogP contribution in [0.4, 0.5) is 0 Å². The predicted octanol–water partition coefficient (Wildman–Crippen LogP) is 5.69. The normalized spacial score (nSPS) is 15.1. The maximum absolute atomic E-state index is 5.96. The standard InChI is InChI=1S/C27H29N3O2/c1-2-6-21(7-3-1)20-22-14-16-30(17-15-22)18-19-31-23-10-12-24(13-11-23)32-27-28-25-8-4-5-9-26(25)29-27/h1-13,22H,14-20H2,(H,28,29). The number of para-hydroxylation sites is 2. The highest BCUT2D eigenvalue weighted by molar-refractivity contribution is 5.75. The van der Waals surface area contributed by atoms with Crippen LogP contribution in [0, 0.1) is 5.92 Å². The Balaban J connectivity index is 1.04. The summed E-state index contributed by atoms with van der Waals surface area (Å²) >= 11 is 0. The lowest BCUT2D eigenvalue weighted by Crippen LogP contribution is -2.36. The van der Waals surface area contributed by atoms with E-state index in [9.17, 15) is 0 Å². The molecule has 0 radical (unpaired) electrons. The van der Waals surface area contributed by atoms with Crippen LogP contribution in [0.5, 0.6) is 17.5 Å². The maximum Gasteiger partial charge on any atom is 0.300 e. The third kappa shape index (κ3) is 5.29. The molecule has 2 heterocycles. The van der Waals surface area contributed by atoms with Gasteiger partial charge in [0.05, 0.1) is 11.0 Å². The van der Waals surface area contributed by atoms with Crippen molar-refractivity contribution in [1.82, 2.24) is 14.9 Å². The fourth-order valence-electron chi connectivity index (χ4n) is 4.35. The molecule has 1 aromatic heterocycles. The molecule has 164 valence electrons. The van der Waals surface area contributed by atoms with Crippen molar-refractivity contribution in [2.24, 2.45) is 5.92 Å². The first-order valence-corrected chi connectivity index (χ1v) is 11.4. The number of fused-ring (bicyclic) bond motifs is 1. The number of rotatable bonds is 8. The molecule has 0 saturated carbocycles. The number of hydrogen-bond acceptors (Lipinski definition) is 4. The van der Waals surface area contributed by atoms with Gasteiger partial charge >= 0.3 is 0 Å². The molecule has 4 aromatic rings. The Morgan fingerprint density at radius 1 is 0.844 bits per heavy atom. The first kappa shape index (κ1) is 20.6. The van der Waals surface area contributed by atoms with Gasteiger partial charge in [-0.25, -0.2) is 0 Å². The Morgan fingerprint density at radius 2 is 1.56 bits per heavy atom. The summed E-state index contributed by atoms with van der Waals surface area (Å²) in [5.41, 5.74) is 3.32. The third-order valence-corrected chi connectivity index (χ3v) is 6.16. The number of likely N-dealkylation sites (tertiary alicyclic amines) is 1. The van der Waals surface area contributed by atoms with Gasteiger partial charge in [0.25, 0.3) is 6.01 Å². The first-order chi connectivity index (χ1) is 15.8. The number of aromatic nitrogens is 2. The highest BCUT2D eigenvalue weighted by atomic mass is 16.5. The molecule has 3 aromatic carbocycles. The Morgan fingerprint density at radius 3 is 2.34 bits per heavy atom. The van der Waals surface area contributed by atoms with Crippen molar-refractivity contribution in [3.63, 3.8) is 0 Å². The molecule has 0 aliphatic carbocycles. The van der Waals surface area contributed by atoms with Crippen molar-refractivity contribution in [2.75, 3.05) is 26.2 Å². The van der Waals surface area contributed by atoms with Gasteiger partial charge in [-0.05, 0) is 80.2 Å². The van der Waals surface area contributed by atoms with Gasteiger partial charge < -0.3 is 14.5 Å². The van der Waals surface area contributed by atoms with Crippen LogP contribution in [0.15, 0.2) is 78.9 Å². The second-order valence-corrected chi connectivity index (χ2v) is 8.46. The van der Waals surface area contributed by atoms with Gasteiger partial charge in [0.2, 0.25) is 0 Å². The zero-order valence-corrected chi connectivity index (χ0v) is 18.2. The Kier molecular flexibility index (Phi) is 6.35. The molecule has 0 bridgehead atoms. The molecule has 5 heteroatoms. The van der Waals surface area contributed by atoms with E-state index in [1.807, 2.05) is 48.5 Å². The Labute approximate surface area is 189 Å². The van der Waals surface area contributed by atoms with E-state index >= 15 is 0 Å². The number of imidazole rings is 1. The number of H-pyrrole nitrogens is 1. The van der Waals surface area contributed by atoms with Crippen molar-refractivity contribution in [1.29, 1.82) is 0 Å². The molecular formula is C27H29N3O2. The highest BCUT2D eigenvalue weighted by Gasteiger charge is 2.19. The average Bonchev–Trinajstić information content (AvgIpc) is 3.24. The summed E-state index contributed by atoms with van der Waals surface area (Å²) in [6.45, 7) is 3.98. The van der Waals surface area contributed by atoms with Gasteiger partial charge in [-0.3, -0.25) is 4.90 Å². The van der Waals surface area contributed by atoms with Gasteiger partial charge in [-0.15, -0.1) is 0 Å². The fraction of sp³-hybridized carbons (Fsp3) is 0.296. The molecule has 0 spiro atoms. The lowest BCUT2D eigenvalue weighted by molar-refractivity contribution is 0.155. The van der Waals surface area contributed by atoms with Crippen LogP contribution in [0.1, 0.15) is 18.4 Å². The molecule has 1 fully saturated rings. The number of hydrogen-bond donors (Lipinski definition) is 1. The van der Waals surface area contributed by atoms with Crippen molar-refractivity contribution < 1.29 is 9.47 Å². The zero-order chi connectivity index (χ0) is 21.6. The molecule has 1 N–H and O–H groups in total. The lowest BCUT2D eigenvalue weighted by atomic mass is 9.90. The van der Waals surface area contributed by atoms with E-state index in [1.165, 1.54) is 24.8 Å². The maximum atomic E-state index is 5.96. The summed E-state index contributed by atoms with van der Waals surface area (Å²) in [6, 6.07) is 27.0. The smallest absolute Gasteiger partial charge is 0.300 e. The number of piperidine rings is 1. The van der Waals surface area contributed by atoms with Crippen LogP contribution < -0.4 is 9.47 Å². The topological polar surface area (TPSA) is 50.4 Å². The van der Waals surface area contributed by atoms with E-state index in [4.69, 9.17) is 9.47 Å². The van der Waals surface area contributed by atoms with Crippen LogP contribution in [0.2, 0.25) is 0 Å². The van der Waals surface area contributed by atoms with E-state index in [0.717, 1.165) is 48.1 Å². The van der Waals surface area contributed by atoms with Crippen LogP contribution in [-0.4, -0.2) is 41.1 Å². The number of benzene rings is 3. The zero-order valence-electron chi connectivity index (χ0n) is 18.2. The Bertz CT molecular complexity index is 1080. The summed E-state index contributed by atoms with van der Waals surface area (Å²) in [7, 11) is 0. The molecule has 5 nitrogen and oxygen atoms in total. The highest BCUT2D eigenvalue weighted by Crippen LogP contribution is 2.24. The number of nitrogens with zero attached hydrogens (tertiary/aromatic N) is 2. The average molecular weight is 428 g/mol. The molecule has 1 saturated heterocycles. The van der Waals surface area contributed by atoms with Crippen LogP contribution >= 0.6 is 0 Å². The number of ether oxygens (including phenoxy) is 2. The number of aromatic amines is 1. The molecule has 5 rings (SSSR count). The molecule has 0 unspecified atom stereocenters. The first-order valence-electron chi connectivity index (χ1n) is 11.4. The minimum Gasteiger partial charge on any atom is -0.492 e. The summed E-state index contributed by atoms with van der Waals surface area (Å²) in [5.74, 6) is 2.40. The van der Waals surface area contributed by atoms with Gasteiger partial charge in [0.15, 0.2) is 0 Å². The van der Waals surface area contributed by atoms with E-state index in [2.05, 4.69) is 45.2 Å². The van der Waals surface area contributed by atoms with Crippen molar-refractivity contribution in [3.8, 4) is 17.5 Å². The second kappa shape index (κ2) is 9.88. The fourth-order valence-corrected chi connectivity index (χ4v) is 4.35. The lowest BCUT2D eigenvalue weighted by Gasteiger charge is -2.31. The van der Waals surface area contributed by atoms with Crippen LogP contribution in [-0.2, 0) is 6.42 Å². The minimum absolute atomic E-state index is 0.496. The second-order valence-electron chi connectivity index (χ2n) is 8.46. The van der Waals surface area contributed by atoms with Gasteiger partial charge in [0, 0.05) is 6.54 Å². The van der Waals surface area contributed by atoms with Crippen LogP contribution in [0.25, 0.3) is 11.0 Å². The van der Waals surface area contributed by atoms with Crippen molar-refractivity contribution >= 4 is 11.0 Å². The van der Waals surface area contributed by atoms with Gasteiger partial charge in [0.1, 0.15) is 18.1 Å². The third-order valence-electron chi connectivity index (χ3n) is 6.16. The summed E-state index contributed by atoms with van der Waals surface area (Å²) in [4.78, 5) is 10.1. The summed E-state index contributed by atoms with van der Waals surface area (Å²) in [6.07, 6.45) is 3.74. The SMILES string of the molecule is c1ccc(CC2CCN(CCOc3ccc(Oc4nc5ccccc5[nH]4)cc3)CC2)cc1. The van der Waals surface area contributed by atoms with Gasteiger partial charge in [-0.2, -0.15) is 4.98 Å². The van der Waals surface area contributed by atoms with E-state index < -0.39 is 0 Å². The largest absolute Gasteiger partial charge is 0.492 e. The number of nitrogens with one attached hydrogen (secondary N) is 1. The molecular weight excluding hydrogens is 398 g/mol. The molecule has 0 atom stereocenters. The predicted molar refractivity (Wildman–Crippen MR) is 127 cm³/mol. The minimum atomic E-state index is 0.496. The molecule has 1 aliphatic heterocycles. The summed E-state index contributed by atoms with van der Waals surface area (Å²) in [5, 5.41) is 0.